The molecule has 0 amide bonds. The third kappa shape index (κ3) is 3.70. The first-order chi connectivity index (χ1) is 9.99. The Morgan fingerprint density at radius 2 is 2.00 bits per heavy atom. The van der Waals surface area contributed by atoms with Crippen molar-refractivity contribution in [3.8, 4) is 0 Å². The zero-order valence-corrected chi connectivity index (χ0v) is 12.4. The summed E-state index contributed by atoms with van der Waals surface area (Å²) in [5.41, 5.74) is 7.67. The Balaban J connectivity index is 2.31. The quantitative estimate of drug-likeness (QED) is 0.851. The average molecular weight is 287 g/mol. The summed E-state index contributed by atoms with van der Waals surface area (Å²) in [4.78, 5) is 15.4. The highest BCUT2D eigenvalue weighted by molar-refractivity contribution is 5.73. The zero-order valence-electron chi connectivity index (χ0n) is 12.4. The van der Waals surface area contributed by atoms with Crippen LogP contribution in [0.2, 0.25) is 0 Å². The van der Waals surface area contributed by atoms with Gasteiger partial charge in [-0.25, -0.2) is 4.98 Å². The van der Waals surface area contributed by atoms with Crippen molar-refractivity contribution in [2.24, 2.45) is 5.73 Å². The smallest absolute Gasteiger partial charge is 0.320 e. The van der Waals surface area contributed by atoms with Gasteiger partial charge in [-0.1, -0.05) is 44.2 Å². The first-order valence-corrected chi connectivity index (χ1v) is 7.05. The average Bonchev–Trinajstić information content (AvgIpc) is 2.83. The molecule has 0 radical (unpaired) electrons. The molecule has 0 spiro atoms. The van der Waals surface area contributed by atoms with Crippen LogP contribution in [-0.2, 0) is 17.8 Å². The number of carbonyl (C=O) groups is 1. The molecule has 1 atom stereocenters. The van der Waals surface area contributed by atoms with Crippen molar-refractivity contribution >= 4 is 5.97 Å². The van der Waals surface area contributed by atoms with Gasteiger partial charge in [0.15, 0.2) is 0 Å². The Labute approximate surface area is 124 Å². The van der Waals surface area contributed by atoms with Crippen molar-refractivity contribution in [3.63, 3.8) is 0 Å². The van der Waals surface area contributed by atoms with Gasteiger partial charge in [-0.2, -0.15) is 0 Å². The van der Waals surface area contributed by atoms with E-state index in [4.69, 9.17) is 10.8 Å². The maximum Gasteiger partial charge on any atom is 0.320 e. The van der Waals surface area contributed by atoms with Crippen LogP contribution in [0.3, 0.4) is 0 Å². The van der Waals surface area contributed by atoms with E-state index >= 15 is 0 Å². The molecule has 0 saturated carbocycles. The van der Waals surface area contributed by atoms with Crippen LogP contribution in [-0.4, -0.2) is 26.7 Å². The van der Waals surface area contributed by atoms with E-state index in [1.165, 1.54) is 0 Å². The van der Waals surface area contributed by atoms with Crippen molar-refractivity contribution in [2.45, 2.75) is 38.8 Å². The molecule has 0 saturated heterocycles. The third-order valence-electron chi connectivity index (χ3n) is 3.42. The SMILES string of the molecule is CC(C)c1ncc(CC(N)C(=O)O)n1Cc1ccccc1. The van der Waals surface area contributed by atoms with E-state index in [9.17, 15) is 4.79 Å². The topological polar surface area (TPSA) is 81.1 Å². The fourth-order valence-corrected chi connectivity index (χ4v) is 2.31. The number of imidazole rings is 1. The highest BCUT2D eigenvalue weighted by Gasteiger charge is 2.18. The molecule has 5 nitrogen and oxygen atoms in total. The first kappa shape index (κ1) is 15.3. The predicted octanol–water partition coefficient (Wildman–Crippen LogP) is 2.01. The molecular formula is C16H21N3O2. The number of carboxylic acid groups (broad SMARTS) is 1. The maximum atomic E-state index is 11.0. The van der Waals surface area contributed by atoms with Crippen LogP contribution < -0.4 is 5.73 Å². The minimum Gasteiger partial charge on any atom is -0.480 e. The van der Waals surface area contributed by atoms with Crippen molar-refractivity contribution in [1.29, 1.82) is 0 Å². The molecule has 0 aliphatic carbocycles. The van der Waals surface area contributed by atoms with Gasteiger partial charge in [0, 0.05) is 30.8 Å². The summed E-state index contributed by atoms with van der Waals surface area (Å²) >= 11 is 0. The number of benzene rings is 1. The second kappa shape index (κ2) is 6.54. The highest BCUT2D eigenvalue weighted by atomic mass is 16.4. The van der Waals surface area contributed by atoms with E-state index in [-0.39, 0.29) is 12.3 Å². The Morgan fingerprint density at radius 3 is 2.57 bits per heavy atom. The normalized spacial score (nSPS) is 12.6. The van der Waals surface area contributed by atoms with Crippen LogP contribution in [0.4, 0.5) is 0 Å². The Morgan fingerprint density at radius 1 is 1.33 bits per heavy atom. The van der Waals surface area contributed by atoms with E-state index in [0.717, 1.165) is 17.1 Å². The van der Waals surface area contributed by atoms with Gasteiger partial charge in [-0.05, 0) is 5.56 Å². The second-order valence-corrected chi connectivity index (χ2v) is 5.48. The lowest BCUT2D eigenvalue weighted by atomic mass is 10.1. The van der Waals surface area contributed by atoms with Gasteiger partial charge in [-0.3, -0.25) is 4.79 Å². The van der Waals surface area contributed by atoms with Crippen LogP contribution in [0.5, 0.6) is 0 Å². The molecule has 3 N–H and O–H groups in total. The van der Waals surface area contributed by atoms with E-state index in [2.05, 4.69) is 23.4 Å². The zero-order chi connectivity index (χ0) is 15.4. The lowest BCUT2D eigenvalue weighted by Crippen LogP contribution is -2.33. The third-order valence-corrected chi connectivity index (χ3v) is 3.42. The number of aromatic nitrogens is 2. The number of nitrogens with two attached hydrogens (primary N) is 1. The molecule has 2 aromatic rings. The number of hydrogen-bond acceptors (Lipinski definition) is 3. The standard InChI is InChI=1S/C16H21N3O2/c1-11(2)15-18-9-13(8-14(17)16(20)21)19(15)10-12-6-4-3-5-7-12/h3-7,9,11,14H,8,10,17H2,1-2H3,(H,20,21). The fourth-order valence-electron chi connectivity index (χ4n) is 2.31. The van der Waals surface area contributed by atoms with Crippen LogP contribution in [0.25, 0.3) is 0 Å². The molecule has 1 aromatic carbocycles. The molecule has 0 fully saturated rings. The number of hydrogen-bond donors (Lipinski definition) is 2. The summed E-state index contributed by atoms with van der Waals surface area (Å²) < 4.78 is 2.07. The molecule has 112 valence electrons. The summed E-state index contributed by atoms with van der Waals surface area (Å²) in [5, 5.41) is 8.99. The maximum absolute atomic E-state index is 11.0. The van der Waals surface area contributed by atoms with Gasteiger partial charge < -0.3 is 15.4 Å². The number of carboxylic acids is 1. The van der Waals surface area contributed by atoms with Gasteiger partial charge in [0.25, 0.3) is 0 Å². The Hall–Kier alpha value is -2.14. The minimum absolute atomic E-state index is 0.267. The molecule has 21 heavy (non-hydrogen) atoms. The van der Waals surface area contributed by atoms with Gasteiger partial charge in [0.05, 0.1) is 0 Å². The van der Waals surface area contributed by atoms with Crippen LogP contribution >= 0.6 is 0 Å². The monoisotopic (exact) mass is 287 g/mol. The summed E-state index contributed by atoms with van der Waals surface area (Å²) in [5.74, 6) is 0.225. The molecule has 1 aromatic heterocycles. The number of rotatable bonds is 6. The number of aliphatic carboxylic acids is 1. The lowest BCUT2D eigenvalue weighted by Gasteiger charge is -2.15. The summed E-state index contributed by atoms with van der Waals surface area (Å²) in [7, 11) is 0. The molecule has 1 unspecified atom stereocenters. The summed E-state index contributed by atoms with van der Waals surface area (Å²) in [6.07, 6.45) is 2.02. The van der Waals surface area contributed by atoms with E-state index in [1.807, 2.05) is 30.3 Å². The van der Waals surface area contributed by atoms with Crippen molar-refractivity contribution in [1.82, 2.24) is 9.55 Å². The lowest BCUT2D eigenvalue weighted by molar-refractivity contribution is -0.138. The van der Waals surface area contributed by atoms with Crippen molar-refractivity contribution < 1.29 is 9.90 Å². The largest absolute Gasteiger partial charge is 0.480 e. The molecular weight excluding hydrogens is 266 g/mol. The van der Waals surface area contributed by atoms with Gasteiger partial charge >= 0.3 is 5.97 Å². The van der Waals surface area contributed by atoms with Gasteiger partial charge in [0.1, 0.15) is 11.9 Å². The van der Waals surface area contributed by atoms with Crippen molar-refractivity contribution in [2.75, 3.05) is 0 Å². The van der Waals surface area contributed by atoms with E-state index in [0.29, 0.717) is 6.54 Å². The fraction of sp³-hybridized carbons (Fsp3) is 0.375. The Bertz CT molecular complexity index is 605. The molecule has 2 rings (SSSR count). The summed E-state index contributed by atoms with van der Waals surface area (Å²) in [6.45, 7) is 4.82. The molecule has 0 aliphatic rings. The Kier molecular flexibility index (Phi) is 4.75. The van der Waals surface area contributed by atoms with Gasteiger partial charge in [-0.15, -0.1) is 0 Å². The highest BCUT2D eigenvalue weighted by Crippen LogP contribution is 2.18. The predicted molar refractivity (Wildman–Crippen MR) is 81.2 cm³/mol. The molecule has 1 heterocycles. The van der Waals surface area contributed by atoms with Crippen LogP contribution in [0.15, 0.2) is 36.5 Å². The van der Waals surface area contributed by atoms with Crippen LogP contribution in [0, 0.1) is 0 Å². The minimum atomic E-state index is -0.992. The molecule has 5 heteroatoms. The number of nitrogens with zero attached hydrogens (tertiary/aromatic N) is 2. The molecule has 0 bridgehead atoms. The van der Waals surface area contributed by atoms with E-state index in [1.54, 1.807) is 6.20 Å². The second-order valence-electron chi connectivity index (χ2n) is 5.48. The van der Waals surface area contributed by atoms with E-state index < -0.39 is 12.0 Å². The van der Waals surface area contributed by atoms with Crippen LogP contribution in [0.1, 0.15) is 36.8 Å². The molecule has 0 aliphatic heterocycles. The first-order valence-electron chi connectivity index (χ1n) is 7.05. The van der Waals surface area contributed by atoms with Gasteiger partial charge in [0.2, 0.25) is 0 Å². The summed E-state index contributed by atoms with van der Waals surface area (Å²) in [6, 6.07) is 9.14. The van der Waals surface area contributed by atoms with Crippen molar-refractivity contribution in [3.05, 3.63) is 53.6 Å².